The molecule has 3 heterocycles. The fourth-order valence-electron chi connectivity index (χ4n) is 2.35. The number of pyridine rings is 1. The number of aromatic nitrogens is 5. The molecule has 21 heavy (non-hydrogen) atoms. The molecule has 7 nitrogen and oxygen atoms in total. The molecule has 0 radical (unpaired) electrons. The van der Waals surface area contributed by atoms with Crippen molar-refractivity contribution in [1.29, 1.82) is 0 Å². The summed E-state index contributed by atoms with van der Waals surface area (Å²) >= 11 is 0. The van der Waals surface area contributed by atoms with Gasteiger partial charge in [0, 0.05) is 23.3 Å². The van der Waals surface area contributed by atoms with Crippen molar-refractivity contribution in [3.05, 3.63) is 42.5 Å². The molecule has 3 aromatic heterocycles. The first-order valence-corrected chi connectivity index (χ1v) is 6.24. The summed E-state index contributed by atoms with van der Waals surface area (Å²) in [5.41, 5.74) is 3.79. The minimum atomic E-state index is -1.08. The van der Waals surface area contributed by atoms with Crippen molar-refractivity contribution in [2.45, 2.75) is 0 Å². The third kappa shape index (κ3) is 1.75. The van der Waals surface area contributed by atoms with E-state index in [1.54, 1.807) is 12.4 Å². The number of nitrogens with one attached hydrogen (secondary N) is 2. The summed E-state index contributed by atoms with van der Waals surface area (Å²) in [6, 6.07) is 7.37. The van der Waals surface area contributed by atoms with Gasteiger partial charge in [0.15, 0.2) is 0 Å². The molecule has 7 heteroatoms. The molecule has 102 valence electrons. The molecule has 3 N–H and O–H groups in total. The van der Waals surface area contributed by atoms with Crippen molar-refractivity contribution in [3.8, 4) is 11.3 Å². The van der Waals surface area contributed by atoms with Crippen LogP contribution in [-0.2, 0) is 0 Å². The monoisotopic (exact) mass is 279 g/mol. The molecule has 0 aliphatic heterocycles. The molecule has 0 bridgehead atoms. The number of carboxylic acids is 1. The van der Waals surface area contributed by atoms with Gasteiger partial charge in [0.1, 0.15) is 5.69 Å². The molecule has 4 rings (SSSR count). The van der Waals surface area contributed by atoms with Crippen LogP contribution in [-0.4, -0.2) is 36.2 Å². The second-order valence-electron chi connectivity index (χ2n) is 4.61. The highest BCUT2D eigenvalue weighted by atomic mass is 16.4. The Hall–Kier alpha value is -3.22. The average molecular weight is 279 g/mol. The number of nitrogens with zero attached hydrogens (tertiary/aromatic N) is 3. The molecule has 0 atom stereocenters. The number of carbonyl (C=O) groups is 1. The van der Waals surface area contributed by atoms with Crippen LogP contribution in [0.4, 0.5) is 0 Å². The summed E-state index contributed by atoms with van der Waals surface area (Å²) in [6.45, 7) is 0. The quantitative estimate of drug-likeness (QED) is 0.521. The number of rotatable bonds is 2. The Kier molecular flexibility index (Phi) is 2.28. The number of imidazole rings is 1. The maximum absolute atomic E-state index is 11.0. The van der Waals surface area contributed by atoms with Gasteiger partial charge in [0.05, 0.1) is 16.6 Å². The third-order valence-corrected chi connectivity index (χ3v) is 3.32. The Labute approximate surface area is 117 Å². The van der Waals surface area contributed by atoms with Crippen LogP contribution in [0.2, 0.25) is 0 Å². The van der Waals surface area contributed by atoms with Gasteiger partial charge in [-0.3, -0.25) is 10.1 Å². The number of hydrogen-bond donors (Lipinski definition) is 3. The minimum absolute atomic E-state index is 0.0731. The predicted molar refractivity (Wildman–Crippen MR) is 75.9 cm³/mol. The van der Waals surface area contributed by atoms with Gasteiger partial charge in [0.25, 0.3) is 0 Å². The lowest BCUT2D eigenvalue weighted by Crippen LogP contribution is -1.97. The van der Waals surface area contributed by atoms with Crippen molar-refractivity contribution < 1.29 is 9.90 Å². The van der Waals surface area contributed by atoms with E-state index in [-0.39, 0.29) is 5.82 Å². The number of aromatic amines is 2. The van der Waals surface area contributed by atoms with E-state index in [2.05, 4.69) is 25.1 Å². The zero-order valence-electron chi connectivity index (χ0n) is 10.7. The van der Waals surface area contributed by atoms with Crippen molar-refractivity contribution in [3.63, 3.8) is 0 Å². The first-order valence-electron chi connectivity index (χ1n) is 6.24. The van der Waals surface area contributed by atoms with Gasteiger partial charge < -0.3 is 10.1 Å². The van der Waals surface area contributed by atoms with E-state index < -0.39 is 5.97 Å². The van der Waals surface area contributed by atoms with Crippen LogP contribution in [0.15, 0.2) is 36.7 Å². The molecular weight excluding hydrogens is 270 g/mol. The summed E-state index contributed by atoms with van der Waals surface area (Å²) in [7, 11) is 0. The van der Waals surface area contributed by atoms with Crippen LogP contribution in [0.3, 0.4) is 0 Å². The van der Waals surface area contributed by atoms with Gasteiger partial charge in [-0.15, -0.1) is 0 Å². The molecule has 0 spiro atoms. The van der Waals surface area contributed by atoms with Crippen LogP contribution in [0.1, 0.15) is 10.6 Å². The molecule has 4 aromatic rings. The normalized spacial score (nSPS) is 11.2. The van der Waals surface area contributed by atoms with E-state index in [9.17, 15) is 4.79 Å². The molecule has 0 fully saturated rings. The lowest BCUT2D eigenvalue weighted by atomic mass is 10.1. The van der Waals surface area contributed by atoms with Crippen molar-refractivity contribution in [2.75, 3.05) is 0 Å². The van der Waals surface area contributed by atoms with Crippen LogP contribution in [0.5, 0.6) is 0 Å². The average Bonchev–Trinajstić information content (AvgIpc) is 3.08. The zero-order valence-corrected chi connectivity index (χ0v) is 10.7. The maximum Gasteiger partial charge on any atom is 0.371 e. The summed E-state index contributed by atoms with van der Waals surface area (Å²) in [5, 5.41) is 17.1. The summed E-state index contributed by atoms with van der Waals surface area (Å²) in [4.78, 5) is 21.8. The molecule has 0 unspecified atom stereocenters. The van der Waals surface area contributed by atoms with Gasteiger partial charge in [-0.1, -0.05) is 0 Å². The summed E-state index contributed by atoms with van der Waals surface area (Å²) in [5.74, 6) is -1.15. The maximum atomic E-state index is 11.0. The smallest absolute Gasteiger partial charge is 0.371 e. The zero-order chi connectivity index (χ0) is 14.4. The van der Waals surface area contributed by atoms with Gasteiger partial charge in [0.2, 0.25) is 5.82 Å². The molecule has 0 saturated heterocycles. The lowest BCUT2D eigenvalue weighted by Gasteiger charge is -1.96. The predicted octanol–water partition coefficient (Wildman–Crippen LogP) is 2.20. The molecule has 0 amide bonds. The largest absolute Gasteiger partial charge is 0.475 e. The van der Waals surface area contributed by atoms with Gasteiger partial charge >= 0.3 is 5.97 Å². The second kappa shape index (κ2) is 4.14. The Morgan fingerprint density at radius 2 is 1.95 bits per heavy atom. The summed E-state index contributed by atoms with van der Waals surface area (Å²) < 4.78 is 0. The van der Waals surface area contributed by atoms with Crippen molar-refractivity contribution in [2.24, 2.45) is 0 Å². The lowest BCUT2D eigenvalue weighted by molar-refractivity contribution is 0.0685. The number of aromatic carboxylic acids is 1. The van der Waals surface area contributed by atoms with Crippen LogP contribution in [0, 0.1) is 0 Å². The van der Waals surface area contributed by atoms with E-state index in [4.69, 9.17) is 5.11 Å². The summed E-state index contributed by atoms with van der Waals surface area (Å²) in [6.07, 6.45) is 3.40. The van der Waals surface area contributed by atoms with Gasteiger partial charge in [-0.05, 0) is 24.3 Å². The van der Waals surface area contributed by atoms with E-state index >= 15 is 0 Å². The Bertz CT molecular complexity index is 971. The van der Waals surface area contributed by atoms with E-state index in [0.717, 1.165) is 22.2 Å². The SMILES string of the molecule is O=C(O)c1nc2cc3c(-c4ccncc4)n[nH]c3cc2[nH]1. The van der Waals surface area contributed by atoms with Crippen LogP contribution in [0.25, 0.3) is 33.2 Å². The first-order chi connectivity index (χ1) is 10.2. The van der Waals surface area contributed by atoms with Crippen molar-refractivity contribution in [1.82, 2.24) is 25.1 Å². The van der Waals surface area contributed by atoms with E-state index in [1.165, 1.54) is 0 Å². The minimum Gasteiger partial charge on any atom is -0.475 e. The molecular formula is C14H9N5O2. The molecule has 1 aromatic carbocycles. The molecule has 0 aliphatic rings. The number of benzene rings is 1. The van der Waals surface area contributed by atoms with Gasteiger partial charge in [-0.25, -0.2) is 9.78 Å². The highest BCUT2D eigenvalue weighted by Crippen LogP contribution is 2.28. The van der Waals surface area contributed by atoms with E-state index in [0.29, 0.717) is 11.0 Å². The topological polar surface area (TPSA) is 108 Å². The van der Waals surface area contributed by atoms with E-state index in [1.807, 2.05) is 24.3 Å². The number of fused-ring (bicyclic) bond motifs is 2. The highest BCUT2D eigenvalue weighted by molar-refractivity contribution is 6.01. The standard InChI is InChI=1S/C14H9N5O2/c20-14(21)13-16-10-5-8-9(6-11(10)17-13)18-19-12(8)7-1-3-15-4-2-7/h1-6H,(H,16,17)(H,18,19)(H,20,21). The number of hydrogen-bond acceptors (Lipinski definition) is 4. The molecule has 0 aliphatic carbocycles. The number of carboxylic acid groups (broad SMARTS) is 1. The fourth-order valence-corrected chi connectivity index (χ4v) is 2.35. The van der Waals surface area contributed by atoms with Crippen LogP contribution >= 0.6 is 0 Å². The van der Waals surface area contributed by atoms with Crippen LogP contribution < -0.4 is 0 Å². The molecule has 0 saturated carbocycles. The Morgan fingerprint density at radius 3 is 2.71 bits per heavy atom. The number of H-pyrrole nitrogens is 2. The Balaban J connectivity index is 1.99. The van der Waals surface area contributed by atoms with Gasteiger partial charge in [-0.2, -0.15) is 5.10 Å². The second-order valence-corrected chi connectivity index (χ2v) is 4.61. The third-order valence-electron chi connectivity index (χ3n) is 3.32. The highest BCUT2D eigenvalue weighted by Gasteiger charge is 2.13. The Morgan fingerprint density at radius 1 is 1.14 bits per heavy atom. The fraction of sp³-hybridized carbons (Fsp3) is 0. The van der Waals surface area contributed by atoms with Crippen molar-refractivity contribution >= 4 is 27.9 Å². The first kappa shape index (κ1) is 11.6.